The molecule has 0 bridgehead atoms. The van der Waals surface area contributed by atoms with Crippen LogP contribution in [0.4, 0.5) is 0 Å². The van der Waals surface area contributed by atoms with Crippen LogP contribution in [0, 0.1) is 0 Å². The first-order valence-electron chi connectivity index (χ1n) is 4.89. The van der Waals surface area contributed by atoms with Gasteiger partial charge in [-0.25, -0.2) is 0 Å². The molecular formula is C12H17NS. The van der Waals surface area contributed by atoms with Gasteiger partial charge in [0.15, 0.2) is 0 Å². The van der Waals surface area contributed by atoms with Gasteiger partial charge in [0.05, 0.1) is 0 Å². The second-order valence-electron chi connectivity index (χ2n) is 3.13. The van der Waals surface area contributed by atoms with Crippen LogP contribution >= 0.6 is 11.8 Å². The van der Waals surface area contributed by atoms with Crippen LogP contribution in [0.15, 0.2) is 41.8 Å². The van der Waals surface area contributed by atoms with E-state index in [0.29, 0.717) is 6.54 Å². The summed E-state index contributed by atoms with van der Waals surface area (Å²) in [6.45, 7) is 4.33. The normalized spacial score (nSPS) is 10.1. The molecule has 76 valence electrons. The molecule has 0 saturated carbocycles. The Labute approximate surface area is 90.4 Å². The van der Waals surface area contributed by atoms with Crippen molar-refractivity contribution in [1.29, 1.82) is 0 Å². The Balaban J connectivity index is 2.32. The molecule has 1 aromatic carbocycles. The highest BCUT2D eigenvalue weighted by Crippen LogP contribution is 2.19. The Hall–Kier alpha value is -0.730. The summed E-state index contributed by atoms with van der Waals surface area (Å²) >= 11 is 1.89. The van der Waals surface area contributed by atoms with Crippen molar-refractivity contribution < 1.29 is 0 Å². The molecule has 0 fully saturated rings. The summed E-state index contributed by atoms with van der Waals surface area (Å²) in [4.78, 5) is 1.33. The first-order valence-corrected chi connectivity index (χ1v) is 5.88. The maximum Gasteiger partial charge on any atom is 0.0178 e. The molecule has 2 N–H and O–H groups in total. The number of thioether (sulfide) groups is 1. The van der Waals surface area contributed by atoms with E-state index in [4.69, 9.17) is 5.73 Å². The van der Waals surface area contributed by atoms with Gasteiger partial charge in [-0.3, -0.25) is 0 Å². The SMILES string of the molecule is C=CCCCSc1ccc(CN)cc1. The maximum atomic E-state index is 5.52. The standard InChI is InChI=1S/C12H17NS/c1-2-3-4-9-14-12-7-5-11(10-13)6-8-12/h2,5-8H,1,3-4,9-10,13H2. The lowest BCUT2D eigenvalue weighted by Gasteiger charge is -2.01. The Morgan fingerprint density at radius 2 is 2.00 bits per heavy atom. The van der Waals surface area contributed by atoms with E-state index < -0.39 is 0 Å². The van der Waals surface area contributed by atoms with Gasteiger partial charge in [-0.05, 0) is 36.3 Å². The second-order valence-corrected chi connectivity index (χ2v) is 4.30. The second kappa shape index (κ2) is 6.68. The van der Waals surface area contributed by atoms with E-state index in [2.05, 4.69) is 30.8 Å². The Bertz CT molecular complexity index is 266. The van der Waals surface area contributed by atoms with Crippen LogP contribution in [0.3, 0.4) is 0 Å². The van der Waals surface area contributed by atoms with Gasteiger partial charge in [0.1, 0.15) is 0 Å². The predicted octanol–water partition coefficient (Wildman–Crippen LogP) is 3.20. The number of hydrogen-bond donors (Lipinski definition) is 1. The third-order valence-corrected chi connectivity index (χ3v) is 3.08. The molecule has 0 spiro atoms. The van der Waals surface area contributed by atoms with Crippen LogP contribution in [0.1, 0.15) is 18.4 Å². The zero-order valence-corrected chi connectivity index (χ0v) is 9.22. The van der Waals surface area contributed by atoms with E-state index in [-0.39, 0.29) is 0 Å². The van der Waals surface area contributed by atoms with Crippen LogP contribution in [0.25, 0.3) is 0 Å². The summed E-state index contributed by atoms with van der Waals surface area (Å²) in [5.74, 6) is 1.16. The van der Waals surface area contributed by atoms with Gasteiger partial charge in [0.2, 0.25) is 0 Å². The third-order valence-electron chi connectivity index (χ3n) is 1.98. The van der Waals surface area contributed by atoms with Crippen LogP contribution in [0.2, 0.25) is 0 Å². The molecule has 2 heteroatoms. The van der Waals surface area contributed by atoms with Crippen molar-refractivity contribution in [3.8, 4) is 0 Å². The number of allylic oxidation sites excluding steroid dienone is 1. The number of hydrogen-bond acceptors (Lipinski definition) is 2. The van der Waals surface area contributed by atoms with Gasteiger partial charge in [-0.2, -0.15) is 0 Å². The van der Waals surface area contributed by atoms with Crippen LogP contribution in [-0.4, -0.2) is 5.75 Å². The lowest BCUT2D eigenvalue weighted by molar-refractivity contribution is 0.973. The van der Waals surface area contributed by atoms with Gasteiger partial charge in [0.25, 0.3) is 0 Å². The van der Waals surface area contributed by atoms with E-state index >= 15 is 0 Å². The molecular weight excluding hydrogens is 190 g/mol. The zero-order valence-electron chi connectivity index (χ0n) is 8.41. The molecule has 0 amide bonds. The molecule has 0 unspecified atom stereocenters. The molecule has 0 atom stereocenters. The van der Waals surface area contributed by atoms with Crippen molar-refractivity contribution in [1.82, 2.24) is 0 Å². The molecule has 0 radical (unpaired) electrons. The Morgan fingerprint density at radius 3 is 2.57 bits per heavy atom. The van der Waals surface area contributed by atoms with Gasteiger partial charge < -0.3 is 5.73 Å². The largest absolute Gasteiger partial charge is 0.326 e. The Morgan fingerprint density at radius 1 is 1.29 bits per heavy atom. The van der Waals surface area contributed by atoms with Crippen LogP contribution in [-0.2, 0) is 6.54 Å². The summed E-state index contributed by atoms with van der Waals surface area (Å²) in [7, 11) is 0. The number of rotatable bonds is 6. The van der Waals surface area contributed by atoms with Gasteiger partial charge in [0, 0.05) is 11.4 Å². The fraction of sp³-hybridized carbons (Fsp3) is 0.333. The van der Waals surface area contributed by atoms with Crippen molar-refractivity contribution in [3.05, 3.63) is 42.5 Å². The average molecular weight is 207 g/mol. The zero-order chi connectivity index (χ0) is 10.2. The van der Waals surface area contributed by atoms with E-state index in [1.165, 1.54) is 16.9 Å². The molecule has 0 aliphatic rings. The molecule has 0 saturated heterocycles. The van der Waals surface area contributed by atoms with Gasteiger partial charge in [-0.15, -0.1) is 18.3 Å². The third kappa shape index (κ3) is 3.99. The maximum absolute atomic E-state index is 5.52. The number of unbranched alkanes of at least 4 members (excludes halogenated alkanes) is 1. The van der Waals surface area contributed by atoms with Crippen molar-refractivity contribution in [2.75, 3.05) is 5.75 Å². The molecule has 1 nitrogen and oxygen atoms in total. The first-order chi connectivity index (χ1) is 6.86. The minimum atomic E-state index is 0.626. The van der Waals surface area contributed by atoms with Crippen molar-refractivity contribution in [3.63, 3.8) is 0 Å². The molecule has 1 aromatic rings. The molecule has 0 aliphatic carbocycles. The minimum absolute atomic E-state index is 0.626. The summed E-state index contributed by atoms with van der Waals surface area (Å²) in [5, 5.41) is 0. The summed E-state index contributed by atoms with van der Waals surface area (Å²) in [6, 6.07) is 8.47. The fourth-order valence-corrected chi connectivity index (χ4v) is 2.01. The van der Waals surface area contributed by atoms with Crippen LogP contribution in [0.5, 0.6) is 0 Å². The highest BCUT2D eigenvalue weighted by molar-refractivity contribution is 7.99. The minimum Gasteiger partial charge on any atom is -0.326 e. The first kappa shape index (κ1) is 11.3. The monoisotopic (exact) mass is 207 g/mol. The summed E-state index contributed by atoms with van der Waals surface area (Å²) in [6.07, 6.45) is 4.28. The quantitative estimate of drug-likeness (QED) is 0.440. The van der Waals surface area contributed by atoms with Gasteiger partial charge in [-0.1, -0.05) is 18.2 Å². The fourth-order valence-electron chi connectivity index (χ4n) is 1.14. The van der Waals surface area contributed by atoms with E-state index in [0.717, 1.165) is 12.2 Å². The van der Waals surface area contributed by atoms with E-state index in [9.17, 15) is 0 Å². The Kier molecular flexibility index (Phi) is 5.42. The molecule has 0 heterocycles. The van der Waals surface area contributed by atoms with E-state index in [1.54, 1.807) is 0 Å². The number of benzene rings is 1. The number of nitrogens with two attached hydrogens (primary N) is 1. The highest BCUT2D eigenvalue weighted by atomic mass is 32.2. The summed E-state index contributed by atoms with van der Waals surface area (Å²) < 4.78 is 0. The molecule has 0 aliphatic heterocycles. The smallest absolute Gasteiger partial charge is 0.0178 e. The van der Waals surface area contributed by atoms with E-state index in [1.807, 2.05) is 17.8 Å². The lowest BCUT2D eigenvalue weighted by atomic mass is 10.2. The van der Waals surface area contributed by atoms with Crippen molar-refractivity contribution in [2.24, 2.45) is 5.73 Å². The van der Waals surface area contributed by atoms with Gasteiger partial charge >= 0.3 is 0 Å². The topological polar surface area (TPSA) is 26.0 Å². The summed E-state index contributed by atoms with van der Waals surface area (Å²) in [5.41, 5.74) is 6.72. The highest BCUT2D eigenvalue weighted by Gasteiger charge is 1.93. The molecule has 14 heavy (non-hydrogen) atoms. The van der Waals surface area contributed by atoms with Crippen molar-refractivity contribution in [2.45, 2.75) is 24.3 Å². The van der Waals surface area contributed by atoms with Crippen LogP contribution < -0.4 is 5.73 Å². The molecule has 1 rings (SSSR count). The molecule has 0 aromatic heterocycles. The van der Waals surface area contributed by atoms with Crippen molar-refractivity contribution >= 4 is 11.8 Å². The average Bonchev–Trinajstić information content (AvgIpc) is 2.25. The lowest BCUT2D eigenvalue weighted by Crippen LogP contribution is -1.94. The predicted molar refractivity (Wildman–Crippen MR) is 64.5 cm³/mol.